The van der Waals surface area contributed by atoms with E-state index in [1.54, 1.807) is 6.92 Å². The highest BCUT2D eigenvalue weighted by Crippen LogP contribution is 2.36. The summed E-state index contributed by atoms with van der Waals surface area (Å²) < 4.78 is 47.3. The lowest BCUT2D eigenvalue weighted by Gasteiger charge is -2.38. The zero-order valence-corrected chi connectivity index (χ0v) is 20.0. The second-order valence-electron chi connectivity index (χ2n) is 9.58. The molecule has 0 bridgehead atoms. The summed E-state index contributed by atoms with van der Waals surface area (Å²) in [6, 6.07) is 9.31. The number of aryl methyl sites for hydroxylation is 1. The van der Waals surface area contributed by atoms with E-state index < -0.39 is 29.0 Å². The number of hydrogen-bond donors (Lipinski definition) is 0. The molecule has 2 aliphatic heterocycles. The van der Waals surface area contributed by atoms with E-state index in [9.17, 15) is 22.8 Å². The van der Waals surface area contributed by atoms with E-state index in [1.807, 2.05) is 35.2 Å². The highest BCUT2D eigenvalue weighted by Gasteiger charge is 2.42. The molecule has 7 nitrogen and oxygen atoms in total. The predicted molar refractivity (Wildman–Crippen MR) is 126 cm³/mol. The lowest BCUT2D eigenvalue weighted by Crippen LogP contribution is -2.46. The van der Waals surface area contributed by atoms with E-state index >= 15 is 0 Å². The Balaban J connectivity index is 1.45. The van der Waals surface area contributed by atoms with Gasteiger partial charge in [-0.15, -0.1) is 0 Å². The molecule has 1 atom stereocenters. The Morgan fingerprint density at radius 3 is 2.63 bits per heavy atom. The maximum Gasteiger partial charge on any atom is 0.449 e. The van der Waals surface area contributed by atoms with Gasteiger partial charge < -0.3 is 9.64 Å². The van der Waals surface area contributed by atoms with E-state index in [4.69, 9.17) is 4.74 Å². The Morgan fingerprint density at radius 1 is 1.23 bits per heavy atom. The van der Waals surface area contributed by atoms with Crippen LogP contribution in [0.1, 0.15) is 37.6 Å². The molecule has 2 aliphatic rings. The van der Waals surface area contributed by atoms with Crippen LogP contribution in [0.15, 0.2) is 35.1 Å². The van der Waals surface area contributed by atoms with Crippen molar-refractivity contribution < 1.29 is 22.7 Å². The summed E-state index contributed by atoms with van der Waals surface area (Å²) in [4.78, 5) is 36.2. The number of benzene rings is 1. The minimum absolute atomic E-state index is 0.0601. The number of nitrogens with zero attached hydrogens (tertiary/aromatic N) is 4. The van der Waals surface area contributed by atoms with Gasteiger partial charge in [0.15, 0.2) is 21.3 Å². The summed E-state index contributed by atoms with van der Waals surface area (Å²) in [6.45, 7) is 2.73. The highest BCUT2D eigenvalue weighted by molar-refractivity contribution is 7.21. The molecule has 2 aromatic heterocycles. The molecule has 4 heterocycles. The van der Waals surface area contributed by atoms with Gasteiger partial charge in [0, 0.05) is 24.9 Å². The molecular weight excluding hydrogens is 481 g/mol. The molecule has 0 N–H and O–H groups in total. The third-order valence-electron chi connectivity index (χ3n) is 6.58. The van der Waals surface area contributed by atoms with Gasteiger partial charge in [-0.3, -0.25) is 14.2 Å². The quantitative estimate of drug-likeness (QED) is 0.481. The minimum atomic E-state index is -4.79. The van der Waals surface area contributed by atoms with Crippen molar-refractivity contribution in [2.24, 2.45) is 5.41 Å². The molecule has 3 aromatic rings. The second-order valence-corrected chi connectivity index (χ2v) is 10.5. The van der Waals surface area contributed by atoms with Crippen molar-refractivity contribution >= 4 is 32.6 Å². The van der Waals surface area contributed by atoms with Crippen LogP contribution in [0.3, 0.4) is 0 Å². The van der Waals surface area contributed by atoms with Crippen molar-refractivity contribution in [2.45, 2.75) is 51.4 Å². The van der Waals surface area contributed by atoms with Crippen molar-refractivity contribution in [3.63, 3.8) is 0 Å². The van der Waals surface area contributed by atoms with Crippen LogP contribution in [0, 0.1) is 5.41 Å². The third-order valence-corrected chi connectivity index (χ3v) is 7.56. The molecule has 0 amide bonds. The molecule has 0 unspecified atom stereocenters. The number of ketones is 1. The van der Waals surface area contributed by atoms with Crippen molar-refractivity contribution in [1.82, 2.24) is 14.5 Å². The van der Waals surface area contributed by atoms with E-state index in [0.717, 1.165) is 23.3 Å². The Kier molecular flexibility index (Phi) is 6.16. The van der Waals surface area contributed by atoms with Crippen LogP contribution < -0.4 is 10.5 Å². The van der Waals surface area contributed by atoms with Gasteiger partial charge in [-0.2, -0.15) is 13.2 Å². The Labute approximate surface area is 203 Å². The summed E-state index contributed by atoms with van der Waals surface area (Å²) in [7, 11) is 0. The summed E-state index contributed by atoms with van der Waals surface area (Å²) in [5, 5.41) is 0.365. The summed E-state index contributed by atoms with van der Waals surface area (Å²) in [5.74, 6) is -1.17. The first-order chi connectivity index (χ1) is 16.6. The van der Waals surface area contributed by atoms with Gasteiger partial charge in [0.2, 0.25) is 5.82 Å². The van der Waals surface area contributed by atoms with Crippen LogP contribution >= 0.6 is 11.3 Å². The predicted octanol–water partition coefficient (Wildman–Crippen LogP) is 4.08. The lowest BCUT2D eigenvalue weighted by molar-refractivity contribution is -0.153. The maximum atomic E-state index is 13.8. The number of anilines is 1. The first-order valence-electron chi connectivity index (χ1n) is 11.5. The fourth-order valence-electron chi connectivity index (χ4n) is 4.72. The highest BCUT2D eigenvalue weighted by atomic mass is 32.1. The first-order valence-corrected chi connectivity index (χ1v) is 12.4. The maximum absolute atomic E-state index is 13.8. The van der Waals surface area contributed by atoms with Crippen molar-refractivity contribution in [3.05, 3.63) is 52.1 Å². The molecule has 0 saturated carbocycles. The van der Waals surface area contributed by atoms with Gasteiger partial charge in [-0.1, -0.05) is 48.6 Å². The van der Waals surface area contributed by atoms with Crippen molar-refractivity contribution in [1.29, 1.82) is 0 Å². The van der Waals surface area contributed by atoms with Crippen molar-refractivity contribution in [3.8, 4) is 0 Å². The molecule has 2 saturated heterocycles. The number of hydrogen-bond acceptors (Lipinski definition) is 7. The number of ether oxygens (including phenoxy) is 1. The number of rotatable bonds is 7. The van der Waals surface area contributed by atoms with E-state index in [1.165, 1.54) is 0 Å². The number of Topliss-reactive ketones (excluding diaryl/α,β-unsaturated/α-hetero) is 1. The van der Waals surface area contributed by atoms with E-state index in [2.05, 4.69) is 9.97 Å². The van der Waals surface area contributed by atoms with Gasteiger partial charge in [0.25, 0.3) is 5.56 Å². The molecule has 11 heteroatoms. The van der Waals surface area contributed by atoms with Crippen LogP contribution in [0.5, 0.6) is 0 Å². The molecule has 5 rings (SSSR count). The minimum Gasteiger partial charge on any atom is -0.380 e. The van der Waals surface area contributed by atoms with Gasteiger partial charge in [0.1, 0.15) is 0 Å². The number of halogens is 3. The first kappa shape index (κ1) is 23.9. The number of fused-ring (bicyclic) bond motifs is 1. The second kappa shape index (κ2) is 9.02. The van der Waals surface area contributed by atoms with E-state index in [-0.39, 0.29) is 35.9 Å². The zero-order chi connectivity index (χ0) is 24.8. The summed E-state index contributed by atoms with van der Waals surface area (Å²) >= 11 is 0.934. The Bertz CT molecular complexity index is 1300. The van der Waals surface area contributed by atoms with Gasteiger partial charge in [-0.25, -0.2) is 9.97 Å². The summed E-state index contributed by atoms with van der Waals surface area (Å²) in [5.41, 5.74) is -0.405. The van der Waals surface area contributed by atoms with Crippen molar-refractivity contribution in [2.75, 3.05) is 24.7 Å². The zero-order valence-electron chi connectivity index (χ0n) is 19.2. The summed E-state index contributed by atoms with van der Waals surface area (Å²) in [6.07, 6.45) is -2.40. The SMILES string of the molecule is CC1(Cn2c(C(F)(F)F)nc3sc(N4CCC[C@@H]4C(=O)CCc4ccccc4)nc3c2=O)COC1. The number of alkyl halides is 3. The Hall–Kier alpha value is -2.79. The monoisotopic (exact) mass is 506 g/mol. The smallest absolute Gasteiger partial charge is 0.380 e. The molecule has 2 fully saturated rings. The molecule has 0 spiro atoms. The van der Waals surface area contributed by atoms with Gasteiger partial charge >= 0.3 is 6.18 Å². The van der Waals surface area contributed by atoms with Crippen LogP contribution in [0.2, 0.25) is 0 Å². The average Bonchev–Trinajstić information content (AvgIpc) is 3.45. The lowest BCUT2D eigenvalue weighted by atomic mass is 9.88. The van der Waals surface area contributed by atoms with E-state index in [0.29, 0.717) is 35.5 Å². The topological polar surface area (TPSA) is 77.3 Å². The van der Waals surface area contributed by atoms with Crippen LogP contribution in [-0.4, -0.2) is 46.1 Å². The molecule has 35 heavy (non-hydrogen) atoms. The number of carbonyl (C=O) groups is 1. The molecule has 0 radical (unpaired) electrons. The largest absolute Gasteiger partial charge is 0.449 e. The van der Waals surface area contributed by atoms with Crippen LogP contribution in [0.4, 0.5) is 18.3 Å². The average molecular weight is 507 g/mol. The number of carbonyl (C=O) groups excluding carboxylic acids is 1. The van der Waals surface area contributed by atoms with Gasteiger partial charge in [-0.05, 0) is 24.8 Å². The fourth-order valence-corrected chi connectivity index (χ4v) is 5.72. The third kappa shape index (κ3) is 4.71. The molecule has 186 valence electrons. The molecule has 0 aliphatic carbocycles. The fraction of sp³-hybridized carbons (Fsp3) is 0.500. The normalized spacial score (nSPS) is 19.8. The number of aromatic nitrogens is 3. The molecular formula is C24H25F3N4O3S. The molecule has 1 aromatic carbocycles. The van der Waals surface area contributed by atoms with Gasteiger partial charge in [0.05, 0.1) is 19.3 Å². The standard InChI is InChI=1S/C24H25F3N4O3S/c1-23(13-34-14-23)12-31-20(33)18-19(29-21(31)24(25,26)27)35-22(28-18)30-11-5-8-16(30)17(32)10-9-15-6-3-2-4-7-15/h2-4,6-7,16H,5,8-14H2,1H3/t16-/m1/s1. The van der Waals surface area contributed by atoms with Crippen LogP contribution in [-0.2, 0) is 28.7 Å². The Morgan fingerprint density at radius 2 is 1.97 bits per heavy atom. The van der Waals surface area contributed by atoms with Crippen LogP contribution in [0.25, 0.3) is 10.3 Å². The number of thiazole rings is 1.